The maximum absolute atomic E-state index is 13.8. The van der Waals surface area contributed by atoms with Crippen molar-refractivity contribution in [2.75, 3.05) is 23.0 Å². The average molecular weight is 610 g/mol. The number of nitrogens with zero attached hydrogens (tertiary/aromatic N) is 6. The highest BCUT2D eigenvalue weighted by molar-refractivity contribution is 5.95. The number of alkyl halides is 9. The van der Waals surface area contributed by atoms with Crippen LogP contribution in [-0.2, 0) is 30.3 Å². The van der Waals surface area contributed by atoms with Gasteiger partial charge < -0.3 is 9.64 Å². The van der Waals surface area contributed by atoms with Gasteiger partial charge in [0, 0.05) is 6.54 Å². The van der Waals surface area contributed by atoms with E-state index in [1.807, 2.05) is 0 Å². The van der Waals surface area contributed by atoms with Gasteiger partial charge in [-0.25, -0.2) is 4.79 Å². The van der Waals surface area contributed by atoms with Crippen LogP contribution in [0.5, 0.6) is 0 Å². The van der Waals surface area contributed by atoms with Crippen LogP contribution in [0.4, 0.5) is 55.7 Å². The molecule has 228 valence electrons. The van der Waals surface area contributed by atoms with E-state index in [9.17, 15) is 44.3 Å². The molecule has 2 heterocycles. The van der Waals surface area contributed by atoms with Crippen LogP contribution in [0.2, 0.25) is 0 Å². The number of carbonyl (C=O) groups is 1. The molecule has 0 fully saturated rings. The lowest BCUT2D eigenvalue weighted by atomic mass is 9.94. The average Bonchev–Trinajstić information content (AvgIpc) is 3.32. The molecule has 0 saturated heterocycles. The Hall–Kier alpha value is -4.05. The van der Waals surface area contributed by atoms with E-state index >= 15 is 0 Å². The Morgan fingerprint density at radius 2 is 1.50 bits per heavy atom. The molecule has 42 heavy (non-hydrogen) atoms. The van der Waals surface area contributed by atoms with Crippen molar-refractivity contribution in [1.29, 1.82) is 0 Å². The third-order valence-electron chi connectivity index (χ3n) is 6.59. The van der Waals surface area contributed by atoms with Crippen LogP contribution in [0.15, 0.2) is 36.4 Å². The van der Waals surface area contributed by atoms with Crippen molar-refractivity contribution in [3.63, 3.8) is 0 Å². The summed E-state index contributed by atoms with van der Waals surface area (Å²) in [4.78, 5) is 16.1. The third-order valence-corrected chi connectivity index (χ3v) is 6.59. The van der Waals surface area contributed by atoms with E-state index in [1.165, 1.54) is 14.0 Å². The lowest BCUT2D eigenvalue weighted by molar-refractivity contribution is -0.143. The van der Waals surface area contributed by atoms with Gasteiger partial charge >= 0.3 is 24.6 Å². The van der Waals surface area contributed by atoms with E-state index in [-0.39, 0.29) is 42.8 Å². The number of hydrogen-bond acceptors (Lipinski definition) is 6. The van der Waals surface area contributed by atoms with Crippen molar-refractivity contribution in [3.05, 3.63) is 64.5 Å². The number of hydrogen-bond donors (Lipinski definition) is 0. The second-order valence-electron chi connectivity index (χ2n) is 9.36. The predicted molar refractivity (Wildman–Crippen MR) is 129 cm³/mol. The quantitative estimate of drug-likeness (QED) is 0.303. The van der Waals surface area contributed by atoms with Gasteiger partial charge in [-0.15, -0.1) is 10.2 Å². The zero-order valence-corrected chi connectivity index (χ0v) is 22.1. The summed E-state index contributed by atoms with van der Waals surface area (Å²) in [6, 6.07) is 0.734. The minimum atomic E-state index is -5.20. The summed E-state index contributed by atoms with van der Waals surface area (Å²) in [5, 5.41) is 11.4. The largest absolute Gasteiger partial charge is 0.449 e. The Balaban J connectivity index is 2.04. The second-order valence-corrected chi connectivity index (χ2v) is 9.36. The highest BCUT2D eigenvalue weighted by Gasteiger charge is 2.44. The Morgan fingerprint density at radius 3 is 1.98 bits per heavy atom. The van der Waals surface area contributed by atoms with Crippen molar-refractivity contribution in [1.82, 2.24) is 20.2 Å². The highest BCUT2D eigenvalue weighted by atomic mass is 19.4. The molecule has 0 radical (unpaired) electrons. The van der Waals surface area contributed by atoms with Crippen molar-refractivity contribution >= 4 is 17.5 Å². The first kappa shape index (κ1) is 30.9. The number of ether oxygens (including phenoxy) is 1. The van der Waals surface area contributed by atoms with Gasteiger partial charge in [0.25, 0.3) is 0 Å². The molecule has 3 aromatic rings. The molecular formula is C25H23F9N6O2. The summed E-state index contributed by atoms with van der Waals surface area (Å²) in [7, 11) is 1.30. The van der Waals surface area contributed by atoms with Gasteiger partial charge in [0.05, 0.1) is 47.8 Å². The molecule has 1 aliphatic heterocycles. The first-order valence-corrected chi connectivity index (χ1v) is 12.4. The molecule has 0 spiro atoms. The molecular weight excluding hydrogens is 587 g/mol. The van der Waals surface area contributed by atoms with E-state index in [0.29, 0.717) is 24.3 Å². The molecule has 1 aromatic heterocycles. The fourth-order valence-electron chi connectivity index (χ4n) is 4.75. The molecule has 0 bridgehead atoms. The Labute approximate surface area is 232 Å². The minimum absolute atomic E-state index is 0.0616. The molecule has 4 rings (SSSR count). The molecule has 2 aromatic carbocycles. The highest BCUT2D eigenvalue weighted by Crippen LogP contribution is 2.47. The fraction of sp³-hybridized carbons (Fsp3) is 0.440. The van der Waals surface area contributed by atoms with Crippen LogP contribution < -0.4 is 9.80 Å². The van der Waals surface area contributed by atoms with Crippen LogP contribution in [0, 0.1) is 0 Å². The zero-order chi connectivity index (χ0) is 31.2. The predicted octanol–water partition coefficient (Wildman–Crippen LogP) is 6.62. The Bertz CT molecular complexity index is 1420. The summed E-state index contributed by atoms with van der Waals surface area (Å²) in [5.74, 6) is -0.382. The van der Waals surface area contributed by atoms with Crippen molar-refractivity contribution in [3.8, 4) is 0 Å². The smallest absolute Gasteiger partial charge is 0.416 e. The number of halogens is 9. The number of benzene rings is 2. The maximum atomic E-state index is 13.8. The van der Waals surface area contributed by atoms with Crippen molar-refractivity contribution in [2.45, 2.75) is 50.9 Å². The van der Waals surface area contributed by atoms with Crippen molar-refractivity contribution in [2.24, 2.45) is 7.05 Å². The Morgan fingerprint density at radius 1 is 0.905 bits per heavy atom. The first-order chi connectivity index (χ1) is 19.5. The normalized spacial score (nSPS) is 16.8. The number of aryl methyl sites for hydroxylation is 1. The first-order valence-electron chi connectivity index (χ1n) is 12.4. The minimum Gasteiger partial charge on any atom is -0.449 e. The third kappa shape index (κ3) is 6.09. The van der Waals surface area contributed by atoms with E-state index in [1.54, 1.807) is 6.92 Å². The van der Waals surface area contributed by atoms with Gasteiger partial charge in [-0.3, -0.25) is 4.90 Å². The van der Waals surface area contributed by atoms with Crippen LogP contribution in [0.3, 0.4) is 0 Å². The monoisotopic (exact) mass is 610 g/mol. The number of fused-ring (bicyclic) bond motifs is 1. The second kappa shape index (κ2) is 11.0. The van der Waals surface area contributed by atoms with E-state index in [0.717, 1.165) is 20.7 Å². The maximum Gasteiger partial charge on any atom is 0.416 e. The number of anilines is 2. The molecule has 0 N–H and O–H groups in total. The standard InChI is InChI=1S/C25H23F9N6O2/c1-4-17-12-39(19-11-14(23(26,27)28)6-7-18(19)40(17)22(41)42-5-2)20(21-35-37-38(3)36-21)13-8-15(24(29,30)31)10-16(9-13)25(32,33)34/h6-11,17,20H,4-5,12H2,1-3H3/t17-,20?/m0/s1. The number of tetrazole rings is 1. The Kier molecular flexibility index (Phi) is 8.08. The molecule has 1 amide bonds. The number of amides is 1. The van der Waals surface area contributed by atoms with E-state index < -0.39 is 59.0 Å². The van der Waals surface area contributed by atoms with Crippen LogP contribution in [-0.4, -0.2) is 45.5 Å². The molecule has 2 atom stereocenters. The molecule has 8 nitrogen and oxygen atoms in total. The summed E-state index contributed by atoms with van der Waals surface area (Å²) in [5.41, 5.74) is -5.46. The topological polar surface area (TPSA) is 76.4 Å². The number of aromatic nitrogens is 4. The molecule has 0 aliphatic carbocycles. The molecule has 1 aliphatic rings. The molecule has 1 unspecified atom stereocenters. The van der Waals surface area contributed by atoms with Crippen molar-refractivity contribution < 1.29 is 49.0 Å². The molecule has 17 heteroatoms. The van der Waals surface area contributed by atoms with Gasteiger partial charge in [-0.05, 0) is 60.5 Å². The number of rotatable bonds is 5. The van der Waals surface area contributed by atoms with Crippen LogP contribution in [0.1, 0.15) is 54.4 Å². The lowest BCUT2D eigenvalue weighted by Gasteiger charge is -2.45. The number of carbonyl (C=O) groups excluding carboxylic acids is 1. The van der Waals surface area contributed by atoms with Crippen LogP contribution >= 0.6 is 0 Å². The summed E-state index contributed by atoms with van der Waals surface area (Å²) >= 11 is 0. The zero-order valence-electron chi connectivity index (χ0n) is 22.1. The molecule has 0 saturated carbocycles. The summed E-state index contributed by atoms with van der Waals surface area (Å²) < 4.78 is 129. The van der Waals surface area contributed by atoms with E-state index in [2.05, 4.69) is 15.4 Å². The fourth-order valence-corrected chi connectivity index (χ4v) is 4.75. The lowest BCUT2D eigenvalue weighted by Crippen LogP contribution is -2.53. The van der Waals surface area contributed by atoms with Gasteiger partial charge in [-0.2, -0.15) is 44.3 Å². The van der Waals surface area contributed by atoms with Gasteiger partial charge in [0.15, 0.2) is 0 Å². The van der Waals surface area contributed by atoms with Gasteiger partial charge in [-0.1, -0.05) is 6.92 Å². The van der Waals surface area contributed by atoms with Gasteiger partial charge in [0.2, 0.25) is 5.82 Å². The van der Waals surface area contributed by atoms with Gasteiger partial charge in [0.1, 0.15) is 6.04 Å². The SMILES string of the molecule is CCOC(=O)N1c2ccc(C(F)(F)F)cc2N(C(c2cc(C(F)(F)F)cc(C(F)(F)F)c2)c2nnn(C)n2)C[C@@H]1CC. The summed E-state index contributed by atoms with van der Waals surface area (Å²) in [6.45, 7) is 2.77. The van der Waals surface area contributed by atoms with Crippen LogP contribution in [0.25, 0.3) is 0 Å². The van der Waals surface area contributed by atoms with E-state index in [4.69, 9.17) is 4.74 Å². The summed E-state index contributed by atoms with van der Waals surface area (Å²) in [6.07, 6.45) is -16.0.